The van der Waals surface area contributed by atoms with Crippen molar-refractivity contribution in [2.24, 2.45) is 0 Å². The molecular weight excluding hydrogens is 1290 g/mol. The van der Waals surface area contributed by atoms with E-state index in [1.165, 1.54) is 218 Å². The second-order valence-electron chi connectivity index (χ2n) is 29.2. The summed E-state index contributed by atoms with van der Waals surface area (Å²) in [5.41, 5.74) is 0. The lowest BCUT2D eigenvalue weighted by Gasteiger charge is -2.46. The van der Waals surface area contributed by atoms with Gasteiger partial charge in [0.05, 0.1) is 32.0 Å². The second kappa shape index (κ2) is 71.3. The third-order valence-corrected chi connectivity index (χ3v) is 19.9. The lowest BCUT2D eigenvalue weighted by Crippen LogP contribution is -2.65. The van der Waals surface area contributed by atoms with Crippen LogP contribution in [0.3, 0.4) is 0 Å². The molecule has 0 saturated carbocycles. The van der Waals surface area contributed by atoms with Gasteiger partial charge in [0.1, 0.15) is 48.8 Å². The fourth-order valence-corrected chi connectivity index (χ4v) is 13.3. The fourth-order valence-electron chi connectivity index (χ4n) is 13.3. The molecule has 0 radical (unpaired) electrons. The van der Waals surface area contributed by atoms with E-state index in [9.17, 15) is 45.6 Å². The number of amides is 1. The highest BCUT2D eigenvalue weighted by molar-refractivity contribution is 5.76. The molecule has 0 aromatic carbocycles. The average Bonchev–Trinajstić information content (AvgIpc) is 0.791. The highest BCUT2D eigenvalue weighted by Gasteiger charge is 2.51. The monoisotopic (exact) mass is 1450 g/mol. The van der Waals surface area contributed by atoms with Gasteiger partial charge in [-0.1, -0.05) is 360 Å². The van der Waals surface area contributed by atoms with E-state index in [2.05, 4.69) is 129 Å². The lowest BCUT2D eigenvalue weighted by molar-refractivity contribution is -0.359. The van der Waals surface area contributed by atoms with Crippen molar-refractivity contribution in [3.05, 3.63) is 122 Å². The molecule has 12 unspecified atom stereocenters. The summed E-state index contributed by atoms with van der Waals surface area (Å²) in [6.45, 7) is 2.71. The van der Waals surface area contributed by atoms with Gasteiger partial charge in [0.15, 0.2) is 12.6 Å². The van der Waals surface area contributed by atoms with Crippen LogP contribution in [0.1, 0.15) is 341 Å². The molecule has 2 saturated heterocycles. The number of allylic oxidation sites excluding steroid dienone is 19. The van der Waals surface area contributed by atoms with Crippen molar-refractivity contribution in [2.75, 3.05) is 19.8 Å². The zero-order chi connectivity index (χ0) is 74.4. The number of ether oxygens (including phenoxy) is 4. The smallest absolute Gasteiger partial charge is 0.220 e. The molecule has 2 heterocycles. The third kappa shape index (κ3) is 53.8. The molecule has 0 bridgehead atoms. The van der Waals surface area contributed by atoms with E-state index >= 15 is 0 Å². The van der Waals surface area contributed by atoms with Gasteiger partial charge in [0, 0.05) is 6.42 Å². The number of carbonyl (C=O) groups excluding carboxylic acids is 1. The summed E-state index contributed by atoms with van der Waals surface area (Å²) in [6.07, 6.45) is 88.6. The Bertz CT molecular complexity index is 2200. The summed E-state index contributed by atoms with van der Waals surface area (Å²) in [6, 6.07) is -0.941. The van der Waals surface area contributed by atoms with E-state index in [0.717, 1.165) is 89.9 Å². The Morgan fingerprint density at radius 2 is 0.680 bits per heavy atom. The van der Waals surface area contributed by atoms with Crippen LogP contribution in [0, 0.1) is 0 Å². The van der Waals surface area contributed by atoms with Gasteiger partial charge in [-0.15, -0.1) is 0 Å². The molecule has 2 rings (SSSR count). The largest absolute Gasteiger partial charge is 0.394 e. The van der Waals surface area contributed by atoms with Gasteiger partial charge in [-0.25, -0.2) is 0 Å². The second-order valence-corrected chi connectivity index (χ2v) is 29.2. The van der Waals surface area contributed by atoms with Gasteiger partial charge < -0.3 is 65.1 Å². The van der Waals surface area contributed by atoms with E-state index in [-0.39, 0.29) is 18.9 Å². The maximum atomic E-state index is 13.4. The zero-order valence-electron chi connectivity index (χ0n) is 65.3. The first-order chi connectivity index (χ1) is 50.6. The zero-order valence-corrected chi connectivity index (χ0v) is 65.3. The number of hydrogen-bond acceptors (Lipinski definition) is 13. The lowest BCUT2D eigenvalue weighted by atomic mass is 9.97. The summed E-state index contributed by atoms with van der Waals surface area (Å²) >= 11 is 0. The van der Waals surface area contributed by atoms with Crippen molar-refractivity contribution in [2.45, 2.75) is 415 Å². The van der Waals surface area contributed by atoms with E-state index in [0.29, 0.717) is 12.8 Å². The Hall–Kier alpha value is -3.61. The van der Waals surface area contributed by atoms with Crippen molar-refractivity contribution in [3.63, 3.8) is 0 Å². The first-order valence-corrected chi connectivity index (χ1v) is 42.3. The van der Waals surface area contributed by atoms with Crippen LogP contribution < -0.4 is 5.32 Å². The van der Waals surface area contributed by atoms with Crippen LogP contribution >= 0.6 is 0 Å². The normalized spacial score (nSPS) is 22.2. The Morgan fingerprint density at radius 1 is 0.359 bits per heavy atom. The van der Waals surface area contributed by atoms with Crippen molar-refractivity contribution in [1.82, 2.24) is 5.32 Å². The van der Waals surface area contributed by atoms with Crippen LogP contribution in [0.25, 0.3) is 0 Å². The van der Waals surface area contributed by atoms with Crippen molar-refractivity contribution >= 4 is 5.91 Å². The van der Waals surface area contributed by atoms with Crippen LogP contribution in [0.4, 0.5) is 0 Å². The van der Waals surface area contributed by atoms with Crippen LogP contribution in [0.2, 0.25) is 0 Å². The minimum atomic E-state index is -1.80. The summed E-state index contributed by atoms with van der Waals surface area (Å²) in [5.74, 6) is -0.250. The van der Waals surface area contributed by atoms with Gasteiger partial charge in [-0.05, 0) is 96.3 Å². The summed E-state index contributed by atoms with van der Waals surface area (Å²) in [4.78, 5) is 13.4. The highest BCUT2D eigenvalue weighted by atomic mass is 16.7. The molecule has 594 valence electrons. The molecule has 2 aliphatic rings. The van der Waals surface area contributed by atoms with Crippen LogP contribution in [-0.2, 0) is 23.7 Å². The third-order valence-electron chi connectivity index (χ3n) is 19.9. The minimum absolute atomic E-state index is 0.250. The van der Waals surface area contributed by atoms with Crippen molar-refractivity contribution in [1.29, 1.82) is 0 Å². The molecule has 9 N–H and O–H groups in total. The van der Waals surface area contributed by atoms with E-state index in [1.807, 2.05) is 6.08 Å². The van der Waals surface area contributed by atoms with E-state index in [4.69, 9.17) is 18.9 Å². The van der Waals surface area contributed by atoms with Gasteiger partial charge in [-0.2, -0.15) is 0 Å². The van der Waals surface area contributed by atoms with E-state index < -0.39 is 86.8 Å². The number of aliphatic hydroxyl groups excluding tert-OH is 8. The number of hydrogen-bond donors (Lipinski definition) is 9. The maximum Gasteiger partial charge on any atom is 0.220 e. The van der Waals surface area contributed by atoms with Crippen molar-refractivity contribution < 1.29 is 64.6 Å². The molecule has 0 aliphatic carbocycles. The standard InChI is InChI=1S/C89H155NO13/c1-3-5-7-9-11-13-15-17-19-21-23-25-27-29-31-33-35-36-37-38-39-40-41-42-43-45-47-49-51-53-55-57-59-61-63-65-67-69-71-73-81(94)90-77(76-100-88-86(99)84(97)87(80(75-92)102-88)103-89-85(98)83(96)82(95)79(74-91)101-89)78(93)72-70-68-66-64-62-60-58-56-54-52-50-48-46-44-34-32-30-28-26-24-22-20-18-16-14-12-10-8-6-4-2/h5,7,11,13,17,19,23,25,29,31,35-36,38-39,41-42,62,64,70,72,77-80,82-89,91-93,95-99H,3-4,6,8-10,12,14-16,18,20-22,24,26-28,30,32-34,37,40,43-61,63,65-69,71,73-76H2,1-2H3,(H,90,94)/b7-5-,13-11-,19-17-,25-23-,31-29-,36-35-,39-38-,42-41-,64-62+,72-70+. The number of rotatable bonds is 70. The van der Waals surface area contributed by atoms with Gasteiger partial charge in [0.2, 0.25) is 5.91 Å². The average molecular weight is 1450 g/mol. The summed E-state index contributed by atoms with van der Waals surface area (Å²) < 4.78 is 22.9. The van der Waals surface area contributed by atoms with Crippen molar-refractivity contribution in [3.8, 4) is 0 Å². The number of unbranched alkanes of at least 4 members (excludes halogenated alkanes) is 39. The molecule has 0 aromatic heterocycles. The maximum absolute atomic E-state index is 13.4. The Balaban J connectivity index is 1.61. The molecule has 2 aliphatic heterocycles. The molecule has 14 nitrogen and oxygen atoms in total. The van der Waals surface area contributed by atoms with Gasteiger partial charge in [0.25, 0.3) is 0 Å². The molecular formula is C89H155NO13. The predicted octanol–water partition coefficient (Wildman–Crippen LogP) is 20.0. The first kappa shape index (κ1) is 95.5. The van der Waals surface area contributed by atoms with Gasteiger partial charge in [-0.3, -0.25) is 4.79 Å². The topological polar surface area (TPSA) is 228 Å². The van der Waals surface area contributed by atoms with Crippen LogP contribution in [0.5, 0.6) is 0 Å². The van der Waals surface area contributed by atoms with Crippen LogP contribution in [0.15, 0.2) is 122 Å². The first-order valence-electron chi connectivity index (χ1n) is 42.3. The molecule has 0 aromatic rings. The SMILES string of the molecule is CC/C=C\C/C=C\C/C=C\C/C=C\C/C=C\C/C=C\C/C=C\C/C=C\CCCCCCCCCCCCCCCCC(=O)NC(COC1OC(CO)C(OC2OC(CO)C(O)C(O)C2O)C(O)C1O)C(O)/C=C/CC/C=C/CCCCCCCCCCCCCCCCCCCCCCCCCC. The van der Waals surface area contributed by atoms with E-state index in [1.54, 1.807) is 6.08 Å². The van der Waals surface area contributed by atoms with Gasteiger partial charge >= 0.3 is 0 Å². The Morgan fingerprint density at radius 3 is 1.07 bits per heavy atom. The molecule has 1 amide bonds. The number of aliphatic hydroxyl groups is 8. The Labute approximate surface area is 628 Å². The predicted molar refractivity (Wildman–Crippen MR) is 429 cm³/mol. The minimum Gasteiger partial charge on any atom is -0.394 e. The highest BCUT2D eigenvalue weighted by Crippen LogP contribution is 2.30. The molecule has 12 atom stereocenters. The molecule has 103 heavy (non-hydrogen) atoms. The quantitative estimate of drug-likeness (QED) is 0.0204. The fraction of sp³-hybridized carbons (Fsp3) is 0.764. The molecule has 2 fully saturated rings. The molecule has 0 spiro atoms. The summed E-state index contributed by atoms with van der Waals surface area (Å²) in [5, 5.41) is 87.7. The van der Waals surface area contributed by atoms with Crippen LogP contribution in [-0.4, -0.2) is 140 Å². The molecule has 14 heteroatoms. The number of carbonyl (C=O) groups is 1. The Kier molecular flexibility index (Phi) is 66.1. The number of nitrogens with one attached hydrogen (secondary N) is 1. The summed E-state index contributed by atoms with van der Waals surface area (Å²) in [7, 11) is 0.